The first-order valence-corrected chi connectivity index (χ1v) is 5.95. The Bertz CT molecular complexity index is 193. The molecule has 1 N–H and O–H groups in total. The van der Waals surface area contributed by atoms with Crippen molar-refractivity contribution in [2.45, 2.75) is 45.1 Å². The van der Waals surface area contributed by atoms with Crippen molar-refractivity contribution < 1.29 is 5.11 Å². The number of aliphatic hydroxyl groups is 1. The third kappa shape index (κ3) is 1.03. The highest BCUT2D eigenvalue weighted by molar-refractivity contribution is 5.02. The van der Waals surface area contributed by atoms with Crippen LogP contribution in [-0.4, -0.2) is 11.2 Å². The number of rotatable bonds is 1. The van der Waals surface area contributed by atoms with Gasteiger partial charge in [0.15, 0.2) is 0 Å². The molecule has 0 radical (unpaired) electrons. The summed E-state index contributed by atoms with van der Waals surface area (Å²) in [5, 5.41) is 9.82. The standard InChI is InChI=1S/C12H20O/c1-7(13)12-10-4-5-11(12)9-3-2-8(10)6-9/h7-13H,2-6H2,1H3. The zero-order valence-corrected chi connectivity index (χ0v) is 8.45. The zero-order chi connectivity index (χ0) is 9.00. The molecule has 0 aliphatic heterocycles. The highest BCUT2D eigenvalue weighted by atomic mass is 16.3. The normalized spacial score (nSPS) is 55.4. The van der Waals surface area contributed by atoms with Crippen molar-refractivity contribution in [3.8, 4) is 0 Å². The largest absolute Gasteiger partial charge is 0.393 e. The molecule has 1 nitrogen and oxygen atoms in total. The van der Waals surface area contributed by atoms with Gasteiger partial charge >= 0.3 is 0 Å². The third-order valence-corrected chi connectivity index (χ3v) is 5.10. The van der Waals surface area contributed by atoms with E-state index in [1.54, 1.807) is 0 Å². The van der Waals surface area contributed by atoms with Crippen LogP contribution >= 0.6 is 0 Å². The molecule has 5 atom stereocenters. The SMILES string of the molecule is CC(O)C1C2CCC1C1CCC2C1. The minimum Gasteiger partial charge on any atom is -0.393 e. The molecule has 0 aromatic carbocycles. The average Bonchev–Trinajstić information content (AvgIpc) is 2.57. The molecule has 1 heteroatoms. The minimum absolute atomic E-state index is 0.0408. The van der Waals surface area contributed by atoms with Gasteiger partial charge in [0, 0.05) is 0 Å². The van der Waals surface area contributed by atoms with Gasteiger partial charge in [0.25, 0.3) is 0 Å². The first kappa shape index (κ1) is 8.28. The van der Waals surface area contributed by atoms with Crippen LogP contribution in [0.25, 0.3) is 0 Å². The predicted molar refractivity (Wildman–Crippen MR) is 52.2 cm³/mol. The van der Waals surface area contributed by atoms with Crippen molar-refractivity contribution in [3.63, 3.8) is 0 Å². The molecule has 0 heterocycles. The summed E-state index contributed by atoms with van der Waals surface area (Å²) in [5.41, 5.74) is 0. The molecule has 0 aromatic heterocycles. The average molecular weight is 180 g/mol. The fourth-order valence-corrected chi connectivity index (χ4v) is 4.73. The Morgan fingerprint density at radius 2 is 1.54 bits per heavy atom. The summed E-state index contributed by atoms with van der Waals surface area (Å²) in [5.74, 6) is 4.44. The Morgan fingerprint density at radius 3 is 2.00 bits per heavy atom. The first-order chi connectivity index (χ1) is 6.27. The van der Waals surface area contributed by atoms with Gasteiger partial charge in [0.05, 0.1) is 6.10 Å². The number of hydrogen-bond acceptors (Lipinski definition) is 1. The van der Waals surface area contributed by atoms with Crippen LogP contribution in [0.15, 0.2) is 0 Å². The molecule has 74 valence electrons. The lowest BCUT2D eigenvalue weighted by Crippen LogP contribution is -2.35. The van der Waals surface area contributed by atoms with Crippen LogP contribution in [0.3, 0.4) is 0 Å². The van der Waals surface area contributed by atoms with E-state index in [1.165, 1.54) is 32.1 Å². The molecule has 5 unspecified atom stereocenters. The van der Waals surface area contributed by atoms with E-state index in [4.69, 9.17) is 0 Å². The third-order valence-electron chi connectivity index (χ3n) is 5.10. The fourth-order valence-electron chi connectivity index (χ4n) is 4.73. The van der Waals surface area contributed by atoms with Crippen molar-refractivity contribution in [2.75, 3.05) is 0 Å². The predicted octanol–water partition coefficient (Wildman–Crippen LogP) is 2.44. The van der Waals surface area contributed by atoms with E-state index in [0.717, 1.165) is 23.7 Å². The van der Waals surface area contributed by atoms with E-state index in [-0.39, 0.29) is 6.10 Å². The molecule has 3 aliphatic carbocycles. The van der Waals surface area contributed by atoms with Crippen molar-refractivity contribution in [2.24, 2.45) is 29.6 Å². The van der Waals surface area contributed by atoms with Crippen LogP contribution in [0.1, 0.15) is 39.0 Å². The van der Waals surface area contributed by atoms with Crippen molar-refractivity contribution in [1.29, 1.82) is 0 Å². The summed E-state index contributed by atoms with van der Waals surface area (Å²) in [6.45, 7) is 2.01. The van der Waals surface area contributed by atoms with Gasteiger partial charge in [-0.3, -0.25) is 0 Å². The van der Waals surface area contributed by atoms with Crippen LogP contribution < -0.4 is 0 Å². The van der Waals surface area contributed by atoms with Crippen LogP contribution in [0, 0.1) is 29.6 Å². The van der Waals surface area contributed by atoms with E-state index in [2.05, 4.69) is 0 Å². The van der Waals surface area contributed by atoms with Crippen LogP contribution in [0.5, 0.6) is 0 Å². The van der Waals surface area contributed by atoms with Crippen molar-refractivity contribution in [1.82, 2.24) is 0 Å². The molecule has 0 amide bonds. The van der Waals surface area contributed by atoms with Gasteiger partial charge in [0.2, 0.25) is 0 Å². The maximum atomic E-state index is 9.82. The van der Waals surface area contributed by atoms with Gasteiger partial charge in [0.1, 0.15) is 0 Å². The van der Waals surface area contributed by atoms with Gasteiger partial charge in [-0.15, -0.1) is 0 Å². The van der Waals surface area contributed by atoms with E-state index in [0.29, 0.717) is 5.92 Å². The van der Waals surface area contributed by atoms with Gasteiger partial charge in [-0.25, -0.2) is 0 Å². The lowest BCUT2D eigenvalue weighted by atomic mass is 9.69. The molecule has 3 aliphatic rings. The van der Waals surface area contributed by atoms with Gasteiger partial charge in [-0.05, 0) is 68.6 Å². The molecule has 3 fully saturated rings. The quantitative estimate of drug-likeness (QED) is 0.657. The number of aliphatic hydroxyl groups excluding tert-OH is 1. The summed E-state index contributed by atoms with van der Waals surface area (Å²) in [4.78, 5) is 0. The van der Waals surface area contributed by atoms with Gasteiger partial charge in [-0.1, -0.05) is 0 Å². The van der Waals surface area contributed by atoms with Crippen LogP contribution in [0.4, 0.5) is 0 Å². The Labute approximate surface area is 80.5 Å². The molecule has 3 saturated carbocycles. The van der Waals surface area contributed by atoms with Gasteiger partial charge in [-0.2, -0.15) is 0 Å². The van der Waals surface area contributed by atoms with Gasteiger partial charge < -0.3 is 5.11 Å². The monoisotopic (exact) mass is 180 g/mol. The van der Waals surface area contributed by atoms with Crippen molar-refractivity contribution in [3.05, 3.63) is 0 Å². The first-order valence-electron chi connectivity index (χ1n) is 5.95. The Kier molecular flexibility index (Phi) is 1.74. The van der Waals surface area contributed by atoms with E-state index in [1.807, 2.05) is 6.92 Å². The van der Waals surface area contributed by atoms with Crippen molar-refractivity contribution >= 4 is 0 Å². The lowest BCUT2D eigenvalue weighted by Gasteiger charge is -2.37. The summed E-state index contributed by atoms with van der Waals surface area (Å²) in [6.07, 6.45) is 7.23. The molecule has 0 spiro atoms. The summed E-state index contributed by atoms with van der Waals surface area (Å²) in [6, 6.07) is 0. The second kappa shape index (κ2) is 2.73. The van der Waals surface area contributed by atoms with Crippen LogP contribution in [-0.2, 0) is 0 Å². The Hall–Kier alpha value is -0.0400. The molecular weight excluding hydrogens is 160 g/mol. The van der Waals surface area contributed by atoms with Crippen LogP contribution in [0.2, 0.25) is 0 Å². The zero-order valence-electron chi connectivity index (χ0n) is 8.45. The fraction of sp³-hybridized carbons (Fsp3) is 1.00. The highest BCUT2D eigenvalue weighted by Crippen LogP contribution is 2.59. The molecule has 0 saturated heterocycles. The lowest BCUT2D eigenvalue weighted by molar-refractivity contribution is 0.0234. The van der Waals surface area contributed by atoms with E-state index in [9.17, 15) is 5.11 Å². The summed E-state index contributed by atoms with van der Waals surface area (Å²) >= 11 is 0. The Morgan fingerprint density at radius 1 is 1.00 bits per heavy atom. The smallest absolute Gasteiger partial charge is 0.0545 e. The highest BCUT2D eigenvalue weighted by Gasteiger charge is 2.52. The molecule has 13 heavy (non-hydrogen) atoms. The second-order valence-electron chi connectivity index (χ2n) is 5.56. The Balaban J connectivity index is 1.91. The van der Waals surface area contributed by atoms with E-state index >= 15 is 0 Å². The molecule has 0 aromatic rings. The molecule has 4 bridgehead atoms. The maximum Gasteiger partial charge on any atom is 0.0545 e. The summed E-state index contributed by atoms with van der Waals surface area (Å²) in [7, 11) is 0. The molecule has 3 rings (SSSR count). The topological polar surface area (TPSA) is 20.2 Å². The minimum atomic E-state index is -0.0408. The second-order valence-corrected chi connectivity index (χ2v) is 5.56. The number of fused-ring (bicyclic) bond motifs is 6. The molecular formula is C12H20O. The van der Waals surface area contributed by atoms with E-state index < -0.39 is 0 Å². The maximum absolute atomic E-state index is 9.82. The summed E-state index contributed by atoms with van der Waals surface area (Å²) < 4.78 is 0. The number of hydrogen-bond donors (Lipinski definition) is 1.